The van der Waals surface area contributed by atoms with Crippen LogP contribution in [0.3, 0.4) is 0 Å². The maximum Gasteiger partial charge on any atom is 0.251 e. The van der Waals surface area contributed by atoms with Gasteiger partial charge in [-0.15, -0.1) is 0 Å². The third-order valence-electron chi connectivity index (χ3n) is 7.84. The lowest BCUT2D eigenvalue weighted by atomic mass is 9.99. The number of carbonyl (C=O) groups excluding carboxylic acids is 2. The molecule has 1 unspecified atom stereocenters. The number of benzene rings is 3. The summed E-state index contributed by atoms with van der Waals surface area (Å²) < 4.78 is 0. The normalized spacial score (nSPS) is 15.1. The summed E-state index contributed by atoms with van der Waals surface area (Å²) >= 11 is 6.28. The summed E-state index contributed by atoms with van der Waals surface area (Å²) in [5, 5.41) is 3.85. The molecule has 1 atom stereocenters. The molecular formula is C32H39ClN4O2. The second-order valence-corrected chi connectivity index (χ2v) is 11.0. The third kappa shape index (κ3) is 7.40. The number of nitrogens with two attached hydrogens (primary N) is 1. The van der Waals surface area contributed by atoms with Crippen LogP contribution in [0.5, 0.6) is 0 Å². The van der Waals surface area contributed by atoms with Crippen LogP contribution in [-0.2, 0) is 6.54 Å². The lowest BCUT2D eigenvalue weighted by Gasteiger charge is -2.42. The lowest BCUT2D eigenvalue weighted by molar-refractivity contribution is 0.0942. The second-order valence-electron chi connectivity index (χ2n) is 10.6. The first-order valence-electron chi connectivity index (χ1n) is 13.7. The number of carbonyl (C=O) groups is 2. The molecular weight excluding hydrogens is 508 g/mol. The van der Waals surface area contributed by atoms with Crippen molar-refractivity contribution in [3.05, 3.63) is 99.6 Å². The molecule has 3 aromatic carbocycles. The smallest absolute Gasteiger partial charge is 0.251 e. The van der Waals surface area contributed by atoms with E-state index in [9.17, 15) is 9.59 Å². The Morgan fingerprint density at radius 2 is 1.67 bits per heavy atom. The van der Waals surface area contributed by atoms with Crippen molar-refractivity contribution >= 4 is 29.1 Å². The quantitative estimate of drug-likeness (QED) is 0.340. The number of primary amides is 1. The van der Waals surface area contributed by atoms with Gasteiger partial charge in [0.15, 0.2) is 0 Å². The summed E-state index contributed by atoms with van der Waals surface area (Å²) in [6, 6.07) is 22.2. The van der Waals surface area contributed by atoms with Gasteiger partial charge in [-0.05, 0) is 93.1 Å². The minimum Gasteiger partial charge on any atom is -0.366 e. The summed E-state index contributed by atoms with van der Waals surface area (Å²) in [6.07, 6.45) is 2.95. The first-order valence-corrected chi connectivity index (χ1v) is 14.1. The van der Waals surface area contributed by atoms with Crippen LogP contribution in [-0.4, -0.2) is 48.4 Å². The number of piperidine rings is 1. The van der Waals surface area contributed by atoms with Gasteiger partial charge in [-0.2, -0.15) is 0 Å². The number of aryl methyl sites for hydroxylation is 2. The SMILES string of the molecule is Cc1cccc(C)c1C(=O)NCCC(C)N1CCC(N(Cc2cccc(Cl)c2)c2ccc(C(N)=O)cc2)CC1. The van der Waals surface area contributed by atoms with Crippen LogP contribution in [0.4, 0.5) is 5.69 Å². The van der Waals surface area contributed by atoms with Gasteiger partial charge in [0.1, 0.15) is 0 Å². The minimum absolute atomic E-state index is 0.00974. The summed E-state index contributed by atoms with van der Waals surface area (Å²) in [5.41, 5.74) is 11.0. The zero-order valence-electron chi connectivity index (χ0n) is 23.1. The van der Waals surface area contributed by atoms with Gasteiger partial charge in [-0.25, -0.2) is 0 Å². The zero-order valence-corrected chi connectivity index (χ0v) is 23.9. The van der Waals surface area contributed by atoms with Crippen LogP contribution in [0, 0.1) is 13.8 Å². The van der Waals surface area contributed by atoms with Gasteiger partial charge in [0, 0.05) is 60.1 Å². The molecule has 6 nitrogen and oxygen atoms in total. The van der Waals surface area contributed by atoms with E-state index in [1.165, 1.54) is 0 Å². The van der Waals surface area contributed by atoms with E-state index in [2.05, 4.69) is 28.1 Å². The highest BCUT2D eigenvalue weighted by atomic mass is 35.5. The predicted octanol–water partition coefficient (Wildman–Crippen LogP) is 5.74. The first kappa shape index (κ1) is 28.7. The largest absolute Gasteiger partial charge is 0.366 e. The number of nitrogens with zero attached hydrogens (tertiary/aromatic N) is 2. The number of rotatable bonds is 10. The number of hydrogen-bond acceptors (Lipinski definition) is 4. The number of hydrogen-bond donors (Lipinski definition) is 2. The van der Waals surface area contributed by atoms with E-state index in [0.717, 1.165) is 71.9 Å². The number of nitrogens with one attached hydrogen (secondary N) is 1. The summed E-state index contributed by atoms with van der Waals surface area (Å²) in [4.78, 5) is 29.3. The van der Waals surface area contributed by atoms with Gasteiger partial charge in [-0.3, -0.25) is 9.59 Å². The van der Waals surface area contributed by atoms with E-state index in [0.29, 0.717) is 24.2 Å². The van der Waals surface area contributed by atoms with Gasteiger partial charge in [0.25, 0.3) is 5.91 Å². The summed E-state index contributed by atoms with van der Waals surface area (Å²) in [5.74, 6) is -0.411. The fourth-order valence-electron chi connectivity index (χ4n) is 5.56. The molecule has 1 saturated heterocycles. The summed E-state index contributed by atoms with van der Waals surface area (Å²) in [6.45, 7) is 9.58. The van der Waals surface area contributed by atoms with Crippen molar-refractivity contribution in [2.75, 3.05) is 24.5 Å². The Bertz CT molecular complexity index is 1270. The molecule has 0 spiro atoms. The van der Waals surface area contributed by atoms with E-state index < -0.39 is 5.91 Å². The molecule has 0 radical (unpaired) electrons. The Balaban J connectivity index is 1.35. The molecule has 0 aliphatic carbocycles. The van der Waals surface area contributed by atoms with Crippen LogP contribution in [0.2, 0.25) is 5.02 Å². The van der Waals surface area contributed by atoms with Gasteiger partial charge < -0.3 is 20.9 Å². The van der Waals surface area contributed by atoms with Crippen molar-refractivity contribution in [3.63, 3.8) is 0 Å². The zero-order chi connectivity index (χ0) is 27.9. The molecule has 7 heteroatoms. The molecule has 4 rings (SSSR count). The maximum atomic E-state index is 12.8. The predicted molar refractivity (Wildman–Crippen MR) is 160 cm³/mol. The minimum atomic E-state index is -0.421. The lowest BCUT2D eigenvalue weighted by Crippen LogP contribution is -2.48. The van der Waals surface area contributed by atoms with E-state index in [-0.39, 0.29) is 5.91 Å². The van der Waals surface area contributed by atoms with Gasteiger partial charge in [-0.1, -0.05) is 41.9 Å². The van der Waals surface area contributed by atoms with Crippen molar-refractivity contribution in [2.24, 2.45) is 5.73 Å². The third-order valence-corrected chi connectivity index (χ3v) is 8.08. The van der Waals surface area contributed by atoms with E-state index >= 15 is 0 Å². The van der Waals surface area contributed by atoms with E-state index in [1.807, 2.05) is 62.4 Å². The highest BCUT2D eigenvalue weighted by Crippen LogP contribution is 2.28. The molecule has 39 heavy (non-hydrogen) atoms. The molecule has 3 N–H and O–H groups in total. The molecule has 0 aromatic heterocycles. The van der Waals surface area contributed by atoms with Gasteiger partial charge in [0.05, 0.1) is 0 Å². The number of amides is 2. The van der Waals surface area contributed by atoms with Crippen LogP contribution in [0.25, 0.3) is 0 Å². The highest BCUT2D eigenvalue weighted by molar-refractivity contribution is 6.30. The Morgan fingerprint density at radius 1 is 1.03 bits per heavy atom. The van der Waals surface area contributed by atoms with Crippen molar-refractivity contribution < 1.29 is 9.59 Å². The molecule has 1 fully saturated rings. The average Bonchev–Trinajstić information content (AvgIpc) is 2.92. The molecule has 206 valence electrons. The molecule has 1 aliphatic rings. The van der Waals surface area contributed by atoms with Crippen LogP contribution in [0.15, 0.2) is 66.7 Å². The summed E-state index contributed by atoms with van der Waals surface area (Å²) in [7, 11) is 0. The average molecular weight is 547 g/mol. The first-order chi connectivity index (χ1) is 18.7. The van der Waals surface area contributed by atoms with Gasteiger partial charge >= 0.3 is 0 Å². The van der Waals surface area contributed by atoms with Crippen LogP contribution < -0.4 is 16.0 Å². The fraction of sp³-hybridized carbons (Fsp3) is 0.375. The van der Waals surface area contributed by atoms with Crippen molar-refractivity contribution in [1.29, 1.82) is 0 Å². The van der Waals surface area contributed by atoms with Gasteiger partial charge in [0.2, 0.25) is 5.91 Å². The highest BCUT2D eigenvalue weighted by Gasteiger charge is 2.27. The fourth-order valence-corrected chi connectivity index (χ4v) is 5.77. The Hall–Kier alpha value is -3.35. The number of anilines is 1. The number of halogens is 1. The Morgan fingerprint density at radius 3 is 2.28 bits per heavy atom. The molecule has 0 saturated carbocycles. The molecule has 1 heterocycles. The topological polar surface area (TPSA) is 78.7 Å². The van der Waals surface area contributed by atoms with Crippen molar-refractivity contribution in [3.8, 4) is 0 Å². The molecule has 2 amide bonds. The molecule has 0 bridgehead atoms. The maximum absolute atomic E-state index is 12.8. The Kier molecular flexibility index (Phi) is 9.65. The van der Waals surface area contributed by atoms with Crippen molar-refractivity contribution in [1.82, 2.24) is 10.2 Å². The van der Waals surface area contributed by atoms with Crippen LogP contribution >= 0.6 is 11.6 Å². The standard InChI is InChI=1S/C32H39ClN4O2/c1-22-6-4-7-23(2)30(22)32(39)35-17-14-24(3)36-18-15-29(16-19-36)37(21-25-8-5-9-27(33)20-25)28-12-10-26(11-13-28)31(34)38/h4-13,20,24,29H,14-19,21H2,1-3H3,(H2,34,38)(H,35,39). The van der Waals surface area contributed by atoms with Crippen LogP contribution in [0.1, 0.15) is 63.6 Å². The monoisotopic (exact) mass is 546 g/mol. The molecule has 1 aliphatic heterocycles. The van der Waals surface area contributed by atoms with Crippen molar-refractivity contribution in [2.45, 2.75) is 58.7 Å². The second kappa shape index (κ2) is 13.1. The number of likely N-dealkylation sites (tertiary alicyclic amines) is 1. The van der Waals surface area contributed by atoms with E-state index in [4.69, 9.17) is 17.3 Å². The molecule has 3 aromatic rings. The Labute approximate surface area is 237 Å². The van der Waals surface area contributed by atoms with E-state index in [1.54, 1.807) is 12.1 Å².